The molecule has 10 heteroatoms. The largest absolute Gasteiger partial charge is 0.479 e. The summed E-state index contributed by atoms with van der Waals surface area (Å²) in [5.41, 5.74) is 5.77. The van der Waals surface area contributed by atoms with Crippen molar-refractivity contribution in [1.82, 2.24) is 4.90 Å². The number of carboxylic acids is 1. The number of nitrogens with zero attached hydrogens (tertiary/aromatic N) is 1. The van der Waals surface area contributed by atoms with Crippen LogP contribution >= 0.6 is 22.4 Å². The molecule has 1 heterocycles. The lowest BCUT2D eigenvalue weighted by atomic mass is 10.0. The molecule has 1 aliphatic rings. The Morgan fingerprint density at radius 1 is 1.42 bits per heavy atom. The molecule has 7 nitrogen and oxygen atoms in total. The van der Waals surface area contributed by atoms with E-state index in [1.165, 1.54) is 12.1 Å². The molecule has 0 aliphatic carbocycles. The molecule has 0 aromatic heterocycles. The van der Waals surface area contributed by atoms with Gasteiger partial charge in [0.1, 0.15) is 11.4 Å². The van der Waals surface area contributed by atoms with E-state index in [-0.39, 0.29) is 16.3 Å². The second kappa shape index (κ2) is 7.14. The van der Waals surface area contributed by atoms with E-state index in [2.05, 4.69) is 6.58 Å². The summed E-state index contributed by atoms with van der Waals surface area (Å²) in [5.74, 6) is -2.18. The third-order valence-corrected chi connectivity index (χ3v) is 7.54. The first-order valence-corrected chi connectivity index (χ1v) is 10.1. The van der Waals surface area contributed by atoms with E-state index in [0.717, 1.165) is 4.90 Å². The first-order valence-electron chi connectivity index (χ1n) is 6.73. The molecule has 1 fully saturated rings. The zero-order chi connectivity index (χ0) is 18.1. The number of carbonyl (C=O) groups excluding carboxylic acids is 1. The number of hydrogen-bond acceptors (Lipinski definition) is 6. The van der Waals surface area contributed by atoms with Crippen molar-refractivity contribution in [2.24, 2.45) is 5.73 Å². The molecular formula is C14H15ClN2O5S2. The quantitative estimate of drug-likeness (QED) is 0.306. The Labute approximate surface area is 147 Å². The van der Waals surface area contributed by atoms with Gasteiger partial charge in [-0.1, -0.05) is 24.8 Å². The van der Waals surface area contributed by atoms with Crippen molar-refractivity contribution in [1.29, 1.82) is 0 Å². The van der Waals surface area contributed by atoms with Crippen molar-refractivity contribution in [2.75, 3.05) is 5.88 Å². The number of carboxylic acid groups (broad SMARTS) is 1. The number of benzene rings is 1. The second-order valence-electron chi connectivity index (χ2n) is 5.06. The predicted molar refractivity (Wildman–Crippen MR) is 91.1 cm³/mol. The lowest BCUT2D eigenvalue weighted by Gasteiger charge is -2.47. The van der Waals surface area contributed by atoms with Crippen molar-refractivity contribution in [3.05, 3.63) is 42.5 Å². The van der Waals surface area contributed by atoms with Gasteiger partial charge in [0.15, 0.2) is 6.04 Å². The van der Waals surface area contributed by atoms with Crippen LogP contribution in [-0.2, 0) is 18.5 Å². The smallest absolute Gasteiger partial charge is 0.330 e. The summed E-state index contributed by atoms with van der Waals surface area (Å²) in [5, 5.41) is 8.30. The van der Waals surface area contributed by atoms with E-state index < -0.39 is 38.2 Å². The van der Waals surface area contributed by atoms with Crippen LogP contribution in [0.2, 0.25) is 0 Å². The van der Waals surface area contributed by atoms with Crippen LogP contribution in [0.5, 0.6) is 0 Å². The number of amides is 1. The Hall–Kier alpha value is -1.55. The van der Waals surface area contributed by atoms with Crippen LogP contribution in [0.3, 0.4) is 0 Å². The van der Waals surface area contributed by atoms with E-state index in [0.29, 0.717) is 10.8 Å². The molecular weight excluding hydrogens is 376 g/mol. The average molecular weight is 391 g/mol. The maximum Gasteiger partial charge on any atom is 0.330 e. The molecule has 3 atom stereocenters. The van der Waals surface area contributed by atoms with Crippen LogP contribution in [0.25, 0.3) is 0 Å². The van der Waals surface area contributed by atoms with Gasteiger partial charge in [-0.2, -0.15) is 0 Å². The molecule has 1 aliphatic heterocycles. The molecule has 130 valence electrons. The highest BCUT2D eigenvalue weighted by atomic mass is 35.5. The van der Waals surface area contributed by atoms with Crippen LogP contribution in [0.15, 0.2) is 47.4 Å². The van der Waals surface area contributed by atoms with Gasteiger partial charge >= 0.3 is 5.97 Å². The number of halogens is 1. The molecule has 1 aromatic carbocycles. The maximum atomic E-state index is 12.4. The number of hydrogen-bond donors (Lipinski definition) is 2. The van der Waals surface area contributed by atoms with Crippen LogP contribution in [0.1, 0.15) is 0 Å². The fourth-order valence-corrected chi connectivity index (χ4v) is 5.87. The maximum absolute atomic E-state index is 12.4. The minimum Gasteiger partial charge on any atom is -0.479 e. The Morgan fingerprint density at radius 2 is 2.00 bits per heavy atom. The SMILES string of the molecule is C=C(CCl)C(C(=O)O)N1C(=O)C(N)C1SS(=O)(=O)c1ccccc1. The van der Waals surface area contributed by atoms with Crippen LogP contribution < -0.4 is 5.73 Å². The fourth-order valence-electron chi connectivity index (χ4n) is 2.23. The molecule has 0 radical (unpaired) electrons. The van der Waals surface area contributed by atoms with E-state index in [1.807, 2.05) is 0 Å². The van der Waals surface area contributed by atoms with E-state index in [9.17, 15) is 23.1 Å². The highest BCUT2D eigenvalue weighted by Crippen LogP contribution is 2.38. The Kier molecular flexibility index (Phi) is 5.59. The minimum absolute atomic E-state index is 0.0459. The number of nitrogens with two attached hydrogens (primary N) is 1. The number of aliphatic carboxylic acids is 1. The first kappa shape index (κ1) is 18.8. The fraction of sp³-hybridized carbons (Fsp3) is 0.286. The highest BCUT2D eigenvalue weighted by Gasteiger charge is 2.53. The van der Waals surface area contributed by atoms with Gasteiger partial charge in [0.25, 0.3) is 0 Å². The predicted octanol–water partition coefficient (Wildman–Crippen LogP) is 0.852. The third-order valence-electron chi connectivity index (χ3n) is 3.45. The standard InChI is InChI=1S/C14H15ClN2O5S2/c1-8(7-15)11(14(19)20)17-12(18)10(16)13(17)23-24(21,22)9-5-3-2-4-6-9/h2-6,10-11,13H,1,7,16H2,(H,19,20). The lowest BCUT2D eigenvalue weighted by Crippen LogP contribution is -2.71. The van der Waals surface area contributed by atoms with E-state index in [4.69, 9.17) is 17.3 Å². The van der Waals surface area contributed by atoms with Gasteiger partial charge in [-0.3, -0.25) is 4.79 Å². The number of alkyl halides is 1. The second-order valence-corrected chi connectivity index (χ2v) is 9.27. The van der Waals surface area contributed by atoms with E-state index in [1.54, 1.807) is 18.2 Å². The Balaban J connectivity index is 2.30. The number of rotatable bonds is 7. The van der Waals surface area contributed by atoms with Crippen LogP contribution in [0.4, 0.5) is 0 Å². The van der Waals surface area contributed by atoms with Gasteiger partial charge in [0, 0.05) is 16.7 Å². The number of likely N-dealkylation sites (tertiary alicyclic amines) is 1. The Bertz CT molecular complexity index is 769. The highest BCUT2D eigenvalue weighted by molar-refractivity contribution is 8.72. The minimum atomic E-state index is -3.81. The van der Waals surface area contributed by atoms with Crippen molar-refractivity contribution < 1.29 is 23.1 Å². The molecule has 24 heavy (non-hydrogen) atoms. The molecule has 0 bridgehead atoms. The van der Waals surface area contributed by atoms with Gasteiger partial charge in [-0.15, -0.1) is 11.6 Å². The van der Waals surface area contributed by atoms with Gasteiger partial charge < -0.3 is 15.7 Å². The van der Waals surface area contributed by atoms with Crippen LogP contribution in [0, 0.1) is 0 Å². The third kappa shape index (κ3) is 3.44. The van der Waals surface area contributed by atoms with Gasteiger partial charge in [0.2, 0.25) is 14.8 Å². The normalized spacial score (nSPS) is 21.9. The summed E-state index contributed by atoms with van der Waals surface area (Å²) in [6, 6.07) is 5.07. The molecule has 1 aromatic rings. The summed E-state index contributed by atoms with van der Waals surface area (Å²) in [6.45, 7) is 3.54. The van der Waals surface area contributed by atoms with Gasteiger partial charge in [-0.05, 0) is 17.7 Å². The molecule has 0 spiro atoms. The summed E-state index contributed by atoms with van der Waals surface area (Å²) in [4.78, 5) is 24.4. The first-order chi connectivity index (χ1) is 11.2. The van der Waals surface area contributed by atoms with Crippen LogP contribution in [-0.4, -0.2) is 53.6 Å². The number of β-lactam (4-membered cyclic amide) rings is 1. The van der Waals surface area contributed by atoms with Gasteiger partial charge in [-0.25, -0.2) is 13.2 Å². The van der Waals surface area contributed by atoms with Crippen molar-refractivity contribution in [2.45, 2.75) is 22.4 Å². The zero-order valence-corrected chi connectivity index (χ0v) is 14.7. The van der Waals surface area contributed by atoms with E-state index >= 15 is 0 Å². The van der Waals surface area contributed by atoms with Crippen molar-refractivity contribution in [3.8, 4) is 0 Å². The van der Waals surface area contributed by atoms with Crippen molar-refractivity contribution in [3.63, 3.8) is 0 Å². The monoisotopic (exact) mass is 390 g/mol. The average Bonchev–Trinajstić information content (AvgIpc) is 2.57. The molecule has 0 saturated carbocycles. The molecule has 3 N–H and O–H groups in total. The molecule has 1 saturated heterocycles. The van der Waals surface area contributed by atoms with Crippen molar-refractivity contribution >= 4 is 43.1 Å². The summed E-state index contributed by atoms with van der Waals surface area (Å²) in [7, 11) is -3.37. The zero-order valence-electron chi connectivity index (χ0n) is 12.3. The molecule has 3 unspecified atom stereocenters. The topological polar surface area (TPSA) is 118 Å². The summed E-state index contributed by atoms with van der Waals surface area (Å²) in [6.07, 6.45) is 0. The van der Waals surface area contributed by atoms with Gasteiger partial charge in [0.05, 0.1) is 4.90 Å². The summed E-state index contributed by atoms with van der Waals surface area (Å²) >= 11 is 5.62. The molecule has 1 amide bonds. The number of carbonyl (C=O) groups is 2. The Morgan fingerprint density at radius 3 is 2.50 bits per heavy atom. The molecule has 2 rings (SSSR count). The summed E-state index contributed by atoms with van der Waals surface area (Å²) < 4.78 is 24.9. The lowest BCUT2D eigenvalue weighted by molar-refractivity contribution is -0.157.